The summed E-state index contributed by atoms with van der Waals surface area (Å²) in [5, 5.41) is 12.6. The molecule has 2 N–H and O–H groups in total. The van der Waals surface area contributed by atoms with Gasteiger partial charge in [0.25, 0.3) is 10.0 Å². The molecule has 8 nitrogen and oxygen atoms in total. The van der Waals surface area contributed by atoms with Crippen molar-refractivity contribution in [3.63, 3.8) is 0 Å². The summed E-state index contributed by atoms with van der Waals surface area (Å²) in [6.45, 7) is 0. The molecule has 0 saturated heterocycles. The van der Waals surface area contributed by atoms with E-state index in [1.807, 2.05) is 0 Å². The number of aromatic nitrogens is 2. The first-order valence-corrected chi connectivity index (χ1v) is 7.74. The zero-order valence-electron chi connectivity index (χ0n) is 11.6. The van der Waals surface area contributed by atoms with Gasteiger partial charge in [0.15, 0.2) is 5.03 Å². The third kappa shape index (κ3) is 3.00. The quantitative estimate of drug-likeness (QED) is 0.851. The number of rotatable bonds is 5. The SMILES string of the molecule is COc1ccc(Cl)c(C(=O)O)c1NS(=O)(=O)c1ccn(C)n1. The fourth-order valence-electron chi connectivity index (χ4n) is 1.76. The van der Waals surface area contributed by atoms with E-state index >= 15 is 0 Å². The lowest BCUT2D eigenvalue weighted by Gasteiger charge is -2.14. The number of nitrogens with zero attached hydrogens (tertiary/aromatic N) is 2. The van der Waals surface area contributed by atoms with E-state index in [2.05, 4.69) is 9.82 Å². The van der Waals surface area contributed by atoms with Gasteiger partial charge in [-0.25, -0.2) is 4.79 Å². The monoisotopic (exact) mass is 345 g/mol. The van der Waals surface area contributed by atoms with Gasteiger partial charge in [0, 0.05) is 13.2 Å². The minimum Gasteiger partial charge on any atom is -0.495 e. The van der Waals surface area contributed by atoms with Crippen molar-refractivity contribution in [3.05, 3.63) is 35.0 Å². The van der Waals surface area contributed by atoms with Crippen molar-refractivity contribution < 1.29 is 23.1 Å². The van der Waals surface area contributed by atoms with Gasteiger partial charge in [-0.15, -0.1) is 0 Å². The van der Waals surface area contributed by atoms with Crippen molar-refractivity contribution in [2.45, 2.75) is 5.03 Å². The molecule has 1 aromatic carbocycles. The van der Waals surface area contributed by atoms with Crippen LogP contribution in [0.25, 0.3) is 0 Å². The van der Waals surface area contributed by atoms with Gasteiger partial charge >= 0.3 is 5.97 Å². The Hall–Kier alpha value is -2.26. The topological polar surface area (TPSA) is 111 Å². The average molecular weight is 346 g/mol. The Kier molecular flexibility index (Phi) is 4.29. The zero-order valence-corrected chi connectivity index (χ0v) is 13.1. The number of hydrogen-bond donors (Lipinski definition) is 2. The van der Waals surface area contributed by atoms with Crippen LogP contribution in [0, 0.1) is 0 Å². The molecule has 2 rings (SSSR count). The highest BCUT2D eigenvalue weighted by Crippen LogP contribution is 2.35. The molecule has 22 heavy (non-hydrogen) atoms. The lowest BCUT2D eigenvalue weighted by Crippen LogP contribution is -2.17. The first kappa shape index (κ1) is 16.1. The van der Waals surface area contributed by atoms with Crippen LogP contribution in [0.5, 0.6) is 5.75 Å². The van der Waals surface area contributed by atoms with Crippen molar-refractivity contribution in [3.8, 4) is 5.75 Å². The first-order valence-electron chi connectivity index (χ1n) is 5.88. The summed E-state index contributed by atoms with van der Waals surface area (Å²) in [6, 6.07) is 3.95. The Balaban J connectivity index is 2.57. The maximum atomic E-state index is 12.3. The van der Waals surface area contributed by atoms with Gasteiger partial charge in [-0.1, -0.05) is 11.6 Å². The highest BCUT2D eigenvalue weighted by Gasteiger charge is 2.25. The van der Waals surface area contributed by atoms with Gasteiger partial charge in [0.2, 0.25) is 0 Å². The number of benzene rings is 1. The van der Waals surface area contributed by atoms with E-state index < -0.39 is 21.6 Å². The third-order valence-corrected chi connectivity index (χ3v) is 4.31. The number of ether oxygens (including phenoxy) is 1. The molecule has 1 aromatic heterocycles. The molecule has 10 heteroatoms. The van der Waals surface area contributed by atoms with Crippen LogP contribution >= 0.6 is 11.6 Å². The van der Waals surface area contributed by atoms with Gasteiger partial charge in [0.1, 0.15) is 17.0 Å². The van der Waals surface area contributed by atoms with Gasteiger partial charge in [-0.3, -0.25) is 9.40 Å². The van der Waals surface area contributed by atoms with Crippen LogP contribution in [-0.4, -0.2) is 36.4 Å². The molecule has 0 aliphatic carbocycles. The fourth-order valence-corrected chi connectivity index (χ4v) is 3.05. The van der Waals surface area contributed by atoms with Gasteiger partial charge in [-0.2, -0.15) is 13.5 Å². The number of carboxylic acids is 1. The van der Waals surface area contributed by atoms with Gasteiger partial charge in [0.05, 0.1) is 12.1 Å². The van der Waals surface area contributed by atoms with E-state index in [1.165, 1.54) is 36.2 Å². The molecule has 0 atom stereocenters. The van der Waals surface area contributed by atoms with Crippen LogP contribution in [0.2, 0.25) is 5.02 Å². The maximum absolute atomic E-state index is 12.3. The zero-order chi connectivity index (χ0) is 16.5. The van der Waals surface area contributed by atoms with E-state index in [-0.39, 0.29) is 21.5 Å². The lowest BCUT2D eigenvalue weighted by atomic mass is 10.1. The average Bonchev–Trinajstić information content (AvgIpc) is 2.86. The van der Waals surface area contributed by atoms with Crippen LogP contribution in [-0.2, 0) is 17.1 Å². The molecular formula is C12H12ClN3O5S. The molecule has 0 spiro atoms. The van der Waals surface area contributed by atoms with Crippen molar-refractivity contribution in [2.24, 2.45) is 7.05 Å². The number of sulfonamides is 1. The molecule has 0 saturated carbocycles. The summed E-state index contributed by atoms with van der Waals surface area (Å²) in [4.78, 5) is 11.3. The summed E-state index contributed by atoms with van der Waals surface area (Å²) >= 11 is 5.84. The molecule has 0 aliphatic rings. The third-order valence-electron chi connectivity index (χ3n) is 2.75. The number of anilines is 1. The Morgan fingerprint density at radius 2 is 2.09 bits per heavy atom. The number of hydrogen-bond acceptors (Lipinski definition) is 5. The number of carboxylic acid groups (broad SMARTS) is 1. The molecule has 0 radical (unpaired) electrons. The maximum Gasteiger partial charge on any atom is 0.339 e. The Morgan fingerprint density at radius 1 is 1.41 bits per heavy atom. The van der Waals surface area contributed by atoms with Gasteiger partial charge < -0.3 is 9.84 Å². The van der Waals surface area contributed by atoms with Crippen molar-refractivity contribution in [1.82, 2.24) is 9.78 Å². The normalized spacial score (nSPS) is 11.2. The van der Waals surface area contributed by atoms with E-state index in [9.17, 15) is 18.3 Å². The Bertz CT molecular complexity index is 831. The van der Waals surface area contributed by atoms with Crippen LogP contribution < -0.4 is 9.46 Å². The number of nitrogens with one attached hydrogen (secondary N) is 1. The molecule has 0 amide bonds. The second kappa shape index (κ2) is 5.85. The molecule has 0 bridgehead atoms. The van der Waals surface area contributed by atoms with E-state index in [4.69, 9.17) is 16.3 Å². The predicted octanol–water partition coefficient (Wildman–Crippen LogP) is 1.58. The number of methoxy groups -OCH3 is 1. The van der Waals surface area contributed by atoms with E-state index in [1.54, 1.807) is 7.05 Å². The minimum atomic E-state index is -4.08. The van der Waals surface area contributed by atoms with Crippen molar-refractivity contribution in [2.75, 3.05) is 11.8 Å². The minimum absolute atomic E-state index is 0.0290. The second-order valence-corrected chi connectivity index (χ2v) is 6.27. The number of aryl methyl sites for hydroxylation is 1. The summed E-state index contributed by atoms with van der Waals surface area (Å²) in [7, 11) is -1.24. The highest BCUT2D eigenvalue weighted by molar-refractivity contribution is 7.92. The Labute approximate surface area is 131 Å². The molecular weight excluding hydrogens is 334 g/mol. The number of carbonyl (C=O) groups is 1. The van der Waals surface area contributed by atoms with E-state index in [0.717, 1.165) is 0 Å². The van der Waals surface area contributed by atoms with Crippen LogP contribution in [0.3, 0.4) is 0 Å². The molecule has 0 fully saturated rings. The Morgan fingerprint density at radius 3 is 2.59 bits per heavy atom. The van der Waals surface area contributed by atoms with Crippen LogP contribution in [0.15, 0.2) is 29.4 Å². The standard InChI is InChI=1S/C12H12ClN3O5S/c1-16-6-5-9(14-16)22(19,20)15-11-8(21-2)4-3-7(13)10(11)12(17)18/h3-6,15H,1-2H3,(H,17,18). The largest absolute Gasteiger partial charge is 0.495 e. The number of aromatic carboxylic acids is 1. The van der Waals surface area contributed by atoms with Crippen molar-refractivity contribution in [1.29, 1.82) is 0 Å². The molecule has 0 unspecified atom stereocenters. The lowest BCUT2D eigenvalue weighted by molar-refractivity contribution is 0.0698. The molecule has 1 heterocycles. The smallest absolute Gasteiger partial charge is 0.339 e. The van der Waals surface area contributed by atoms with Crippen LogP contribution in [0.4, 0.5) is 5.69 Å². The second-order valence-electron chi connectivity index (χ2n) is 4.24. The molecule has 2 aromatic rings. The summed E-state index contributed by atoms with van der Waals surface area (Å²) in [6.07, 6.45) is 1.45. The van der Waals surface area contributed by atoms with Crippen LogP contribution in [0.1, 0.15) is 10.4 Å². The highest BCUT2D eigenvalue weighted by atomic mass is 35.5. The van der Waals surface area contributed by atoms with Gasteiger partial charge in [-0.05, 0) is 18.2 Å². The fraction of sp³-hybridized carbons (Fsp3) is 0.167. The molecule has 0 aliphatic heterocycles. The summed E-state index contributed by atoms with van der Waals surface area (Å²) in [5.41, 5.74) is -0.659. The summed E-state index contributed by atoms with van der Waals surface area (Å²) < 4.78 is 33.1. The number of halogens is 1. The first-order chi connectivity index (χ1) is 10.3. The predicted molar refractivity (Wildman–Crippen MR) is 79.0 cm³/mol. The molecule has 118 valence electrons. The van der Waals surface area contributed by atoms with Crippen molar-refractivity contribution >= 4 is 33.3 Å². The summed E-state index contributed by atoms with van der Waals surface area (Å²) in [5.74, 6) is -1.36. The van der Waals surface area contributed by atoms with E-state index in [0.29, 0.717) is 0 Å².